The zero-order valence-electron chi connectivity index (χ0n) is 16.1. The van der Waals surface area contributed by atoms with Crippen LogP contribution in [0.1, 0.15) is 15.9 Å². The Hall–Kier alpha value is -2.73. The van der Waals surface area contributed by atoms with Crippen LogP contribution in [0, 0.1) is 0 Å². The molecule has 1 fully saturated rings. The molecular weight excluding hydrogens is 344 g/mol. The van der Waals surface area contributed by atoms with Crippen LogP contribution in [0.25, 0.3) is 0 Å². The molecule has 3 rings (SSSR count). The highest BCUT2D eigenvalue weighted by Crippen LogP contribution is 2.28. The lowest BCUT2D eigenvalue weighted by molar-refractivity contribution is 0.0784. The lowest BCUT2D eigenvalue weighted by atomic mass is 10.1. The second-order valence-corrected chi connectivity index (χ2v) is 6.50. The number of amides is 1. The van der Waals surface area contributed by atoms with Gasteiger partial charge in [0.15, 0.2) is 11.5 Å². The molecule has 0 aliphatic carbocycles. The van der Waals surface area contributed by atoms with Gasteiger partial charge in [0, 0.05) is 37.9 Å². The van der Waals surface area contributed by atoms with Gasteiger partial charge in [-0.25, -0.2) is 0 Å². The third kappa shape index (κ3) is 4.52. The van der Waals surface area contributed by atoms with Crippen molar-refractivity contribution in [1.82, 2.24) is 4.90 Å². The van der Waals surface area contributed by atoms with E-state index in [-0.39, 0.29) is 5.91 Å². The van der Waals surface area contributed by atoms with Gasteiger partial charge in [-0.05, 0) is 35.9 Å². The molecular formula is C21H26N2O4. The number of anilines is 1. The summed E-state index contributed by atoms with van der Waals surface area (Å²) >= 11 is 0. The summed E-state index contributed by atoms with van der Waals surface area (Å²) in [4.78, 5) is 16.7. The molecule has 1 aliphatic rings. The van der Waals surface area contributed by atoms with Crippen LogP contribution >= 0.6 is 0 Å². The van der Waals surface area contributed by atoms with Gasteiger partial charge >= 0.3 is 0 Å². The average Bonchev–Trinajstić information content (AvgIpc) is 2.73. The van der Waals surface area contributed by atoms with Crippen molar-refractivity contribution in [2.75, 3.05) is 52.5 Å². The molecule has 0 saturated carbocycles. The molecule has 2 aromatic carbocycles. The molecule has 6 nitrogen and oxygen atoms in total. The standard InChI is InChI=1S/C21H26N2O4/c1-22(21(24)17-6-9-19(25-2)20(14-17)26-3)15-16-4-7-18(8-5-16)23-10-12-27-13-11-23/h4-9,14H,10-13,15H2,1-3H3. The van der Waals surface area contributed by atoms with Gasteiger partial charge in [0.05, 0.1) is 27.4 Å². The number of carbonyl (C=O) groups is 1. The maximum atomic E-state index is 12.7. The number of hydrogen-bond acceptors (Lipinski definition) is 5. The van der Waals surface area contributed by atoms with E-state index >= 15 is 0 Å². The van der Waals surface area contributed by atoms with E-state index in [9.17, 15) is 4.79 Å². The number of nitrogens with zero attached hydrogens (tertiary/aromatic N) is 2. The minimum Gasteiger partial charge on any atom is -0.493 e. The minimum atomic E-state index is -0.0618. The van der Waals surface area contributed by atoms with Crippen molar-refractivity contribution in [2.45, 2.75) is 6.54 Å². The van der Waals surface area contributed by atoms with Crippen molar-refractivity contribution in [1.29, 1.82) is 0 Å². The Morgan fingerprint density at radius 1 is 1.04 bits per heavy atom. The van der Waals surface area contributed by atoms with Crippen LogP contribution in [0.5, 0.6) is 11.5 Å². The Kier molecular flexibility index (Phi) is 6.19. The van der Waals surface area contributed by atoms with Gasteiger partial charge in [-0.1, -0.05) is 12.1 Å². The first-order chi connectivity index (χ1) is 13.1. The fourth-order valence-corrected chi connectivity index (χ4v) is 3.17. The highest BCUT2D eigenvalue weighted by atomic mass is 16.5. The number of carbonyl (C=O) groups excluding carboxylic acids is 1. The van der Waals surface area contributed by atoms with Gasteiger partial charge in [0.25, 0.3) is 5.91 Å². The first-order valence-corrected chi connectivity index (χ1v) is 9.01. The molecule has 1 heterocycles. The Balaban J connectivity index is 1.65. The number of benzene rings is 2. The van der Waals surface area contributed by atoms with E-state index in [1.165, 1.54) is 5.69 Å². The Bertz CT molecular complexity index is 770. The van der Waals surface area contributed by atoms with Crippen molar-refractivity contribution >= 4 is 11.6 Å². The van der Waals surface area contributed by atoms with Crippen LogP contribution in [-0.4, -0.2) is 58.4 Å². The van der Waals surface area contributed by atoms with Gasteiger partial charge in [-0.3, -0.25) is 4.79 Å². The molecule has 27 heavy (non-hydrogen) atoms. The highest BCUT2D eigenvalue weighted by molar-refractivity contribution is 5.94. The van der Waals surface area contributed by atoms with E-state index in [4.69, 9.17) is 14.2 Å². The van der Waals surface area contributed by atoms with Crippen molar-refractivity contribution in [3.63, 3.8) is 0 Å². The van der Waals surface area contributed by atoms with Crippen molar-refractivity contribution in [3.8, 4) is 11.5 Å². The SMILES string of the molecule is COc1ccc(C(=O)N(C)Cc2ccc(N3CCOCC3)cc2)cc1OC. The lowest BCUT2D eigenvalue weighted by Gasteiger charge is -2.29. The van der Waals surface area contributed by atoms with Crippen molar-refractivity contribution < 1.29 is 19.0 Å². The van der Waals surface area contributed by atoms with Crippen LogP contribution in [0.3, 0.4) is 0 Å². The second-order valence-electron chi connectivity index (χ2n) is 6.50. The maximum absolute atomic E-state index is 12.7. The molecule has 1 saturated heterocycles. The summed E-state index contributed by atoms with van der Waals surface area (Å²) < 4.78 is 15.9. The van der Waals surface area contributed by atoms with E-state index in [0.29, 0.717) is 23.6 Å². The predicted molar refractivity (Wildman–Crippen MR) is 105 cm³/mol. The molecule has 0 radical (unpaired) electrons. The summed E-state index contributed by atoms with van der Waals surface area (Å²) in [5, 5.41) is 0. The summed E-state index contributed by atoms with van der Waals surface area (Å²) in [7, 11) is 4.94. The third-order valence-electron chi connectivity index (χ3n) is 4.71. The molecule has 0 N–H and O–H groups in total. The summed E-state index contributed by atoms with van der Waals surface area (Å²) in [5.41, 5.74) is 2.85. The molecule has 6 heteroatoms. The molecule has 0 spiro atoms. The summed E-state index contributed by atoms with van der Waals surface area (Å²) in [6.07, 6.45) is 0. The molecule has 0 bridgehead atoms. The maximum Gasteiger partial charge on any atom is 0.254 e. The number of hydrogen-bond donors (Lipinski definition) is 0. The van der Waals surface area contributed by atoms with Gasteiger partial charge in [-0.2, -0.15) is 0 Å². The Labute approximate surface area is 160 Å². The number of methoxy groups -OCH3 is 2. The quantitative estimate of drug-likeness (QED) is 0.783. The first kappa shape index (κ1) is 19.0. The van der Waals surface area contributed by atoms with Crippen molar-refractivity contribution in [2.24, 2.45) is 0 Å². The fourth-order valence-electron chi connectivity index (χ4n) is 3.17. The van der Waals surface area contributed by atoms with Gasteiger partial charge in [-0.15, -0.1) is 0 Å². The van der Waals surface area contributed by atoms with Crippen LogP contribution in [-0.2, 0) is 11.3 Å². The van der Waals surface area contributed by atoms with Crippen LogP contribution < -0.4 is 14.4 Å². The molecule has 2 aromatic rings. The third-order valence-corrected chi connectivity index (χ3v) is 4.71. The minimum absolute atomic E-state index is 0.0618. The summed E-state index contributed by atoms with van der Waals surface area (Å²) in [5.74, 6) is 1.09. The lowest BCUT2D eigenvalue weighted by Crippen LogP contribution is -2.36. The van der Waals surface area contributed by atoms with E-state index in [2.05, 4.69) is 29.2 Å². The molecule has 0 atom stereocenters. The zero-order chi connectivity index (χ0) is 19.2. The molecule has 1 amide bonds. The number of morpholine rings is 1. The number of ether oxygens (including phenoxy) is 3. The average molecular weight is 370 g/mol. The first-order valence-electron chi connectivity index (χ1n) is 9.01. The molecule has 1 aliphatic heterocycles. The van der Waals surface area contributed by atoms with Gasteiger partial charge in [0.1, 0.15) is 0 Å². The highest BCUT2D eigenvalue weighted by Gasteiger charge is 2.16. The summed E-state index contributed by atoms with van der Waals surface area (Å²) in [6, 6.07) is 13.6. The monoisotopic (exact) mass is 370 g/mol. The Morgan fingerprint density at radius 3 is 2.33 bits per heavy atom. The van der Waals surface area contributed by atoms with Crippen LogP contribution in [0.2, 0.25) is 0 Å². The van der Waals surface area contributed by atoms with E-state index in [0.717, 1.165) is 31.9 Å². The van der Waals surface area contributed by atoms with Gasteiger partial charge < -0.3 is 24.0 Å². The predicted octanol–water partition coefficient (Wildman–Crippen LogP) is 2.81. The van der Waals surface area contributed by atoms with E-state index in [1.54, 1.807) is 44.4 Å². The normalized spacial score (nSPS) is 14.0. The molecule has 0 aromatic heterocycles. The van der Waals surface area contributed by atoms with E-state index in [1.807, 2.05) is 0 Å². The largest absolute Gasteiger partial charge is 0.493 e. The summed E-state index contributed by atoms with van der Waals surface area (Å²) in [6.45, 7) is 3.90. The topological polar surface area (TPSA) is 51.2 Å². The smallest absolute Gasteiger partial charge is 0.254 e. The Morgan fingerprint density at radius 2 is 1.70 bits per heavy atom. The van der Waals surface area contributed by atoms with Crippen molar-refractivity contribution in [3.05, 3.63) is 53.6 Å². The molecule has 0 unspecified atom stereocenters. The van der Waals surface area contributed by atoms with E-state index < -0.39 is 0 Å². The fraction of sp³-hybridized carbons (Fsp3) is 0.381. The van der Waals surface area contributed by atoms with Crippen LogP contribution in [0.15, 0.2) is 42.5 Å². The van der Waals surface area contributed by atoms with Gasteiger partial charge in [0.2, 0.25) is 0 Å². The second kappa shape index (κ2) is 8.77. The number of rotatable bonds is 6. The van der Waals surface area contributed by atoms with Crippen LogP contribution in [0.4, 0.5) is 5.69 Å². The zero-order valence-corrected chi connectivity index (χ0v) is 16.1. The molecule has 144 valence electrons.